The summed E-state index contributed by atoms with van der Waals surface area (Å²) in [4.78, 5) is 0. The minimum absolute atomic E-state index is 0. The molecule has 0 atom stereocenters. The predicted molar refractivity (Wildman–Crippen MR) is 53.9 cm³/mol. The summed E-state index contributed by atoms with van der Waals surface area (Å²) in [6.45, 7) is 18.0. The Hall–Kier alpha value is -0.434. The summed E-state index contributed by atoms with van der Waals surface area (Å²) in [5.41, 5.74) is 0. The van der Waals surface area contributed by atoms with Crippen molar-refractivity contribution in [2.75, 3.05) is 0 Å². The summed E-state index contributed by atoms with van der Waals surface area (Å²) in [7, 11) is 0. The average Bonchev–Trinajstić information content (AvgIpc) is 1.81. The van der Waals surface area contributed by atoms with Crippen molar-refractivity contribution in [2.24, 2.45) is 0 Å². The number of hydrogen-bond acceptors (Lipinski definition) is 4. The van der Waals surface area contributed by atoms with Gasteiger partial charge in [-0.1, -0.05) is 0 Å². The number of hydrogen-bond donors (Lipinski definition) is 4. The minimum atomic E-state index is 0. The molecule has 0 saturated carbocycles. The molecule has 0 fully saturated rings. The second-order valence-corrected chi connectivity index (χ2v) is 0. The van der Waals surface area contributed by atoms with Crippen LogP contribution in [0.3, 0.4) is 0 Å². The van der Waals surface area contributed by atoms with E-state index in [0.717, 1.165) is 0 Å². The summed E-state index contributed by atoms with van der Waals surface area (Å²) in [6, 6.07) is 0. The van der Waals surface area contributed by atoms with E-state index in [1.165, 1.54) is 0 Å². The Morgan fingerprint density at radius 1 is 0.364 bits per heavy atom. The van der Waals surface area contributed by atoms with Crippen LogP contribution in [-0.4, -0.2) is 0 Å². The average molecular weight is 211 g/mol. The predicted octanol–water partition coefficient (Wildman–Crippen LogP) is 3.05. The van der Waals surface area contributed by atoms with Crippen molar-refractivity contribution in [3.63, 3.8) is 0 Å². The molecule has 4 nitrogen and oxygen atoms in total. The molecule has 1 radical (unpaired) electrons. The van der Waals surface area contributed by atoms with E-state index in [1.807, 2.05) is 0 Å². The second kappa shape index (κ2) is 3740. The molecule has 0 aliphatic rings. The van der Waals surface area contributed by atoms with Crippen LogP contribution < -0.4 is 24.6 Å². The third-order valence-corrected chi connectivity index (χ3v) is 0. The molecule has 0 amide bonds. The van der Waals surface area contributed by atoms with E-state index in [-0.39, 0.29) is 41.4 Å². The Labute approximate surface area is 81.4 Å². The van der Waals surface area contributed by atoms with Gasteiger partial charge in [0.25, 0.3) is 0 Å². The summed E-state index contributed by atoms with van der Waals surface area (Å²) in [5, 5.41) is 0. The van der Waals surface area contributed by atoms with Crippen LogP contribution >= 0.6 is 0 Å². The third kappa shape index (κ3) is 2910. The molecule has 0 rings (SSSR count). The van der Waals surface area contributed by atoms with Gasteiger partial charge in [0.15, 0.2) is 0 Å². The van der Waals surface area contributed by atoms with Gasteiger partial charge in [-0.25, -0.2) is 0 Å². The quantitative estimate of drug-likeness (QED) is 0.457. The molecule has 0 spiro atoms. The molecule has 5 heteroatoms. The Balaban J connectivity index is -0.00000000167. The molecule has 0 aromatic heterocycles. The van der Waals surface area contributed by atoms with Crippen LogP contribution in [0.2, 0.25) is 0 Å². The molecule has 0 unspecified atom stereocenters. The largest absolute Gasteiger partial charge is 2.00 e. The van der Waals surface area contributed by atoms with Crippen molar-refractivity contribution in [1.82, 2.24) is 24.6 Å². The van der Waals surface area contributed by atoms with Crippen LogP contribution in [0.4, 0.5) is 0 Å². The van der Waals surface area contributed by atoms with Crippen molar-refractivity contribution in [3.8, 4) is 0 Å². The van der Waals surface area contributed by atoms with Crippen LogP contribution in [0, 0.1) is 0 Å². The molecule has 12 N–H and O–H groups in total. The Morgan fingerprint density at radius 3 is 0.364 bits per heavy atom. The first-order valence-corrected chi connectivity index (χ1v) is 1.50. The second-order valence-electron chi connectivity index (χ2n) is 0. The first kappa shape index (κ1) is 147. The topological polar surface area (TPSA) is 140 Å². The van der Waals surface area contributed by atoms with E-state index in [4.69, 9.17) is 0 Å². The minimum Gasteiger partial charge on any atom is -0.344 e. The molecule has 0 aromatic carbocycles. The summed E-state index contributed by atoms with van der Waals surface area (Å²) >= 11 is 0. The van der Waals surface area contributed by atoms with Gasteiger partial charge in [0.1, 0.15) is 0 Å². The molecule has 0 aromatic rings. The fraction of sp³-hybridized carbons (Fsp3) is 0. The molecule has 0 aliphatic heterocycles. The SMILES string of the molecule is C=C.C=C.C=C.N.N.N.N.[Co+2]. The fourth-order valence-electron chi connectivity index (χ4n) is 0. The zero-order valence-corrected chi connectivity index (χ0v) is 8.45. The molecule has 11 heavy (non-hydrogen) atoms. The first-order chi connectivity index (χ1) is 3.00. The maximum Gasteiger partial charge on any atom is 2.00 e. The first-order valence-electron chi connectivity index (χ1n) is 1.50. The normalized spacial score (nSPS) is 1.09. The summed E-state index contributed by atoms with van der Waals surface area (Å²) in [6.07, 6.45) is 0. The van der Waals surface area contributed by atoms with Crippen molar-refractivity contribution in [3.05, 3.63) is 39.5 Å². The van der Waals surface area contributed by atoms with Gasteiger partial charge in [-0.3, -0.25) is 0 Å². The van der Waals surface area contributed by atoms with E-state index in [1.54, 1.807) is 0 Å². The Bertz CT molecular complexity index is 19.3. The Morgan fingerprint density at radius 2 is 0.364 bits per heavy atom. The summed E-state index contributed by atoms with van der Waals surface area (Å²) < 4.78 is 0. The number of rotatable bonds is 0. The van der Waals surface area contributed by atoms with Gasteiger partial charge >= 0.3 is 16.8 Å². The molecule has 0 saturated heterocycles. The maximum atomic E-state index is 3.00. The van der Waals surface area contributed by atoms with Gasteiger partial charge in [0, 0.05) is 0 Å². The monoisotopic (exact) mass is 211 g/mol. The fourth-order valence-corrected chi connectivity index (χ4v) is 0. The van der Waals surface area contributed by atoms with Crippen molar-refractivity contribution < 1.29 is 16.8 Å². The van der Waals surface area contributed by atoms with E-state index < -0.39 is 0 Å². The van der Waals surface area contributed by atoms with Crippen LogP contribution in [0.1, 0.15) is 0 Å². The van der Waals surface area contributed by atoms with Crippen LogP contribution in [0.15, 0.2) is 39.5 Å². The summed E-state index contributed by atoms with van der Waals surface area (Å²) in [5.74, 6) is 0. The van der Waals surface area contributed by atoms with Crippen LogP contribution in [-0.2, 0) is 16.8 Å². The zero-order chi connectivity index (χ0) is 6.00. The Kier molecular flexibility index (Phi) is 49900. The van der Waals surface area contributed by atoms with E-state index in [2.05, 4.69) is 39.5 Å². The maximum absolute atomic E-state index is 3.00. The molecular formula is C6H24CoN4+2. The smallest absolute Gasteiger partial charge is 0.344 e. The molecule has 0 heterocycles. The van der Waals surface area contributed by atoms with Crippen LogP contribution in [0.5, 0.6) is 0 Å². The zero-order valence-electron chi connectivity index (χ0n) is 7.40. The van der Waals surface area contributed by atoms with Gasteiger partial charge in [0.2, 0.25) is 0 Å². The van der Waals surface area contributed by atoms with Crippen molar-refractivity contribution in [1.29, 1.82) is 0 Å². The molecule has 0 bridgehead atoms. The van der Waals surface area contributed by atoms with Gasteiger partial charge in [-0.2, -0.15) is 0 Å². The molecule has 0 aliphatic carbocycles. The van der Waals surface area contributed by atoms with Gasteiger partial charge < -0.3 is 24.6 Å². The van der Waals surface area contributed by atoms with E-state index >= 15 is 0 Å². The van der Waals surface area contributed by atoms with Crippen molar-refractivity contribution >= 4 is 0 Å². The van der Waals surface area contributed by atoms with Gasteiger partial charge in [-0.05, 0) is 0 Å². The van der Waals surface area contributed by atoms with Gasteiger partial charge in [-0.15, -0.1) is 39.5 Å². The van der Waals surface area contributed by atoms with Crippen LogP contribution in [0.25, 0.3) is 0 Å². The van der Waals surface area contributed by atoms with E-state index in [0.29, 0.717) is 0 Å². The molecule has 75 valence electrons. The third-order valence-electron chi connectivity index (χ3n) is 0. The standard InChI is InChI=1S/3C2H4.Co.4H3N/c3*1-2;;;;;/h3*1-2H2;;4*1H3/q;;;+2;;;;. The van der Waals surface area contributed by atoms with E-state index in [9.17, 15) is 0 Å². The van der Waals surface area contributed by atoms with Crippen molar-refractivity contribution in [2.45, 2.75) is 0 Å². The van der Waals surface area contributed by atoms with Gasteiger partial charge in [0.05, 0.1) is 0 Å². The molecular weight excluding hydrogens is 187 g/mol.